The van der Waals surface area contributed by atoms with Crippen LogP contribution in [-0.2, 0) is 0 Å². The van der Waals surface area contributed by atoms with E-state index in [0.717, 1.165) is 0 Å². The molecule has 0 aliphatic heterocycles. The van der Waals surface area contributed by atoms with Gasteiger partial charge in [0.15, 0.2) is 0 Å². The summed E-state index contributed by atoms with van der Waals surface area (Å²) in [5, 5.41) is 9.27. The zero-order chi connectivity index (χ0) is 16.2. The van der Waals surface area contributed by atoms with Gasteiger partial charge in [0, 0.05) is 5.56 Å². The molecule has 2 aromatic carbocycles. The van der Waals surface area contributed by atoms with Crippen LogP contribution in [0.1, 0.15) is 11.3 Å². The molecule has 2 nitrogen and oxygen atoms in total. The van der Waals surface area contributed by atoms with Gasteiger partial charge >= 0.3 is 0 Å². The highest BCUT2D eigenvalue weighted by Gasteiger charge is 2.07. The fraction of sp³-hybridized carbons (Fsp3) is 0. The summed E-state index contributed by atoms with van der Waals surface area (Å²) in [6.07, 6.45) is 1.57. The van der Waals surface area contributed by atoms with E-state index in [-0.39, 0.29) is 11.6 Å². The molecule has 0 amide bonds. The highest BCUT2D eigenvalue weighted by atomic mass is 19.1. The summed E-state index contributed by atoms with van der Waals surface area (Å²) in [6.45, 7) is 0. The van der Waals surface area contributed by atoms with E-state index in [0.29, 0.717) is 28.2 Å². The van der Waals surface area contributed by atoms with Gasteiger partial charge in [0.1, 0.15) is 23.2 Å². The van der Waals surface area contributed by atoms with Crippen LogP contribution in [-0.4, -0.2) is 0 Å². The highest BCUT2D eigenvalue weighted by molar-refractivity contribution is 5.88. The van der Waals surface area contributed by atoms with Gasteiger partial charge in [-0.2, -0.15) is 5.26 Å². The largest absolute Gasteiger partial charge is 0.457 e. The van der Waals surface area contributed by atoms with Crippen molar-refractivity contribution >= 4 is 11.6 Å². The van der Waals surface area contributed by atoms with Crippen molar-refractivity contribution in [3.63, 3.8) is 0 Å². The first-order valence-electron chi connectivity index (χ1n) is 6.89. The van der Waals surface area contributed by atoms with Crippen molar-refractivity contribution in [2.45, 2.75) is 0 Å². The lowest BCUT2D eigenvalue weighted by Crippen LogP contribution is -1.82. The molecule has 112 valence electrons. The molecule has 0 fully saturated rings. The molecule has 1 heterocycles. The van der Waals surface area contributed by atoms with E-state index in [9.17, 15) is 14.0 Å². The van der Waals surface area contributed by atoms with Crippen LogP contribution in [0.25, 0.3) is 23.0 Å². The molecule has 3 rings (SSSR count). The van der Waals surface area contributed by atoms with Crippen LogP contribution < -0.4 is 0 Å². The predicted molar refractivity (Wildman–Crippen MR) is 84.0 cm³/mol. The molecule has 0 aliphatic carbocycles. The van der Waals surface area contributed by atoms with E-state index < -0.39 is 0 Å². The first kappa shape index (κ1) is 14.7. The average Bonchev–Trinajstić information content (AvgIpc) is 3.02. The topological polar surface area (TPSA) is 36.9 Å². The first-order chi connectivity index (χ1) is 11.2. The van der Waals surface area contributed by atoms with Crippen LogP contribution in [0.15, 0.2) is 65.1 Å². The van der Waals surface area contributed by atoms with Gasteiger partial charge in [0.25, 0.3) is 0 Å². The van der Waals surface area contributed by atoms with Crippen molar-refractivity contribution in [2.75, 3.05) is 0 Å². The summed E-state index contributed by atoms with van der Waals surface area (Å²) in [6, 6.07) is 17.2. The number of nitriles is 1. The van der Waals surface area contributed by atoms with Crippen molar-refractivity contribution in [2.24, 2.45) is 0 Å². The molecule has 0 bridgehead atoms. The van der Waals surface area contributed by atoms with Gasteiger partial charge in [-0.1, -0.05) is 24.3 Å². The van der Waals surface area contributed by atoms with Gasteiger partial charge in [-0.15, -0.1) is 0 Å². The van der Waals surface area contributed by atoms with E-state index >= 15 is 0 Å². The normalized spacial score (nSPS) is 11.3. The zero-order valence-corrected chi connectivity index (χ0v) is 12.0. The standard InChI is InChI=1S/C19H11F2NO/c20-16-6-4-13(5-7-16)15(12-22)11-18-8-9-19(23-18)14-2-1-3-17(21)10-14/h1-11H/b15-11-. The second-order valence-electron chi connectivity index (χ2n) is 4.89. The Labute approximate surface area is 131 Å². The SMILES string of the molecule is N#C/C(=C/c1ccc(-c2cccc(F)c2)o1)c1ccc(F)cc1. The van der Waals surface area contributed by atoms with Crippen LogP contribution in [0.5, 0.6) is 0 Å². The summed E-state index contributed by atoms with van der Waals surface area (Å²) in [5.41, 5.74) is 1.56. The van der Waals surface area contributed by atoms with Gasteiger partial charge in [-0.05, 0) is 48.0 Å². The van der Waals surface area contributed by atoms with E-state index in [1.54, 1.807) is 30.3 Å². The van der Waals surface area contributed by atoms with Gasteiger partial charge in [-0.3, -0.25) is 0 Å². The smallest absolute Gasteiger partial charge is 0.134 e. The minimum atomic E-state index is -0.363. The van der Waals surface area contributed by atoms with Gasteiger partial charge in [-0.25, -0.2) is 8.78 Å². The minimum Gasteiger partial charge on any atom is -0.457 e. The van der Waals surface area contributed by atoms with E-state index in [2.05, 4.69) is 6.07 Å². The summed E-state index contributed by atoms with van der Waals surface area (Å²) in [7, 11) is 0. The van der Waals surface area contributed by atoms with Crippen LogP contribution >= 0.6 is 0 Å². The van der Waals surface area contributed by atoms with Crippen molar-refractivity contribution < 1.29 is 13.2 Å². The number of furan rings is 1. The molecule has 0 saturated carbocycles. The molecule has 0 aliphatic rings. The highest BCUT2D eigenvalue weighted by Crippen LogP contribution is 2.25. The predicted octanol–water partition coefficient (Wildman–Crippen LogP) is 5.29. The third kappa shape index (κ3) is 3.35. The molecule has 1 aromatic heterocycles. The van der Waals surface area contributed by atoms with Crippen LogP contribution in [0, 0.1) is 23.0 Å². The lowest BCUT2D eigenvalue weighted by Gasteiger charge is -1.99. The summed E-state index contributed by atoms with van der Waals surface area (Å²) in [4.78, 5) is 0. The van der Waals surface area contributed by atoms with Crippen molar-refractivity contribution in [3.8, 4) is 17.4 Å². The maximum Gasteiger partial charge on any atom is 0.134 e. The Morgan fingerprint density at radius 2 is 1.74 bits per heavy atom. The fourth-order valence-electron chi connectivity index (χ4n) is 2.18. The van der Waals surface area contributed by atoms with Crippen LogP contribution in [0.3, 0.4) is 0 Å². The Morgan fingerprint density at radius 1 is 0.957 bits per heavy atom. The summed E-state index contributed by atoms with van der Waals surface area (Å²) in [5.74, 6) is 0.259. The molecule has 0 unspecified atom stereocenters. The molecule has 3 aromatic rings. The molecule has 4 heteroatoms. The average molecular weight is 307 g/mol. The van der Waals surface area contributed by atoms with Crippen molar-refractivity contribution in [1.82, 2.24) is 0 Å². The maximum absolute atomic E-state index is 13.3. The number of halogens is 2. The Kier molecular flexibility index (Phi) is 4.03. The summed E-state index contributed by atoms with van der Waals surface area (Å²) >= 11 is 0. The first-order valence-corrected chi connectivity index (χ1v) is 6.89. The number of hydrogen-bond acceptors (Lipinski definition) is 2. The van der Waals surface area contributed by atoms with Gasteiger partial charge < -0.3 is 4.42 Å². The van der Waals surface area contributed by atoms with Crippen molar-refractivity contribution in [3.05, 3.63) is 83.6 Å². The molecule has 0 N–H and O–H groups in total. The molecule has 0 saturated heterocycles. The fourth-order valence-corrected chi connectivity index (χ4v) is 2.18. The number of allylic oxidation sites excluding steroid dienone is 1. The molecule has 0 spiro atoms. The van der Waals surface area contributed by atoms with E-state index in [4.69, 9.17) is 4.42 Å². The Morgan fingerprint density at radius 3 is 2.43 bits per heavy atom. The van der Waals surface area contributed by atoms with Crippen LogP contribution in [0.4, 0.5) is 8.78 Å². The van der Waals surface area contributed by atoms with Crippen LogP contribution in [0.2, 0.25) is 0 Å². The number of hydrogen-bond donors (Lipinski definition) is 0. The molecule has 23 heavy (non-hydrogen) atoms. The third-order valence-corrected chi connectivity index (χ3v) is 3.30. The Hall–Kier alpha value is -3.19. The maximum atomic E-state index is 13.3. The quantitative estimate of drug-likeness (QED) is 0.616. The zero-order valence-electron chi connectivity index (χ0n) is 12.0. The van der Waals surface area contributed by atoms with Crippen molar-refractivity contribution in [1.29, 1.82) is 5.26 Å². The molecule has 0 atom stereocenters. The third-order valence-electron chi connectivity index (χ3n) is 3.30. The van der Waals surface area contributed by atoms with E-state index in [1.807, 2.05) is 0 Å². The second kappa shape index (κ2) is 6.29. The molecular formula is C19H11F2NO. The monoisotopic (exact) mass is 307 g/mol. The lowest BCUT2D eigenvalue weighted by molar-refractivity contribution is 0.570. The summed E-state index contributed by atoms with van der Waals surface area (Å²) < 4.78 is 31.8. The van der Waals surface area contributed by atoms with E-state index in [1.165, 1.54) is 36.4 Å². The lowest BCUT2D eigenvalue weighted by atomic mass is 10.1. The minimum absolute atomic E-state index is 0.347. The number of nitrogens with zero attached hydrogens (tertiary/aromatic N) is 1. The Bertz CT molecular complexity index is 902. The number of benzene rings is 2. The Balaban J connectivity index is 1.93. The van der Waals surface area contributed by atoms with Gasteiger partial charge in [0.2, 0.25) is 0 Å². The van der Waals surface area contributed by atoms with Gasteiger partial charge in [0.05, 0.1) is 11.6 Å². The number of rotatable bonds is 3. The second-order valence-corrected chi connectivity index (χ2v) is 4.89. The molecule has 0 radical (unpaired) electrons. The molecular weight excluding hydrogens is 296 g/mol.